The maximum absolute atomic E-state index is 12.4. The Balaban J connectivity index is 1.71. The first-order valence-corrected chi connectivity index (χ1v) is 8.13. The monoisotopic (exact) mass is 322 g/mol. The van der Waals surface area contributed by atoms with E-state index < -0.39 is 0 Å². The van der Waals surface area contributed by atoms with E-state index in [-0.39, 0.29) is 11.0 Å². The fourth-order valence-electron chi connectivity index (χ4n) is 2.58. The van der Waals surface area contributed by atoms with Crippen LogP contribution in [0.2, 0.25) is 0 Å². The minimum atomic E-state index is -0.0346. The van der Waals surface area contributed by atoms with E-state index in [2.05, 4.69) is 37.9 Å². The van der Waals surface area contributed by atoms with Crippen LogP contribution in [0.4, 0.5) is 0 Å². The second-order valence-corrected chi connectivity index (χ2v) is 6.89. The van der Waals surface area contributed by atoms with Crippen LogP contribution in [0.15, 0.2) is 59.7 Å². The summed E-state index contributed by atoms with van der Waals surface area (Å²) < 4.78 is 7.42. The van der Waals surface area contributed by atoms with Crippen LogP contribution < -0.4 is 10.3 Å². The smallest absolute Gasteiger partial charge is 0.261 e. The lowest BCUT2D eigenvalue weighted by atomic mass is 9.87. The van der Waals surface area contributed by atoms with Crippen molar-refractivity contribution in [1.29, 1.82) is 0 Å². The highest BCUT2D eigenvalue weighted by Gasteiger charge is 2.13. The fourth-order valence-corrected chi connectivity index (χ4v) is 2.58. The number of benzene rings is 2. The minimum absolute atomic E-state index is 0.0346. The van der Waals surface area contributed by atoms with E-state index in [0.29, 0.717) is 18.5 Å². The molecule has 124 valence electrons. The molecule has 2 aromatic carbocycles. The number of hydrogen-bond acceptors (Lipinski definition) is 3. The number of ether oxygens (including phenoxy) is 1. The maximum Gasteiger partial charge on any atom is 0.261 e. The SMILES string of the molecule is CC(C)(C)c1cccc(OCCn2cnc3ccccc3c2=O)c1. The van der Waals surface area contributed by atoms with Crippen molar-refractivity contribution in [2.45, 2.75) is 32.7 Å². The Bertz CT molecular complexity index is 907. The van der Waals surface area contributed by atoms with Gasteiger partial charge in [0.15, 0.2) is 0 Å². The molecule has 0 aliphatic heterocycles. The lowest BCUT2D eigenvalue weighted by Crippen LogP contribution is -2.23. The Kier molecular flexibility index (Phi) is 4.38. The molecule has 0 saturated carbocycles. The first-order chi connectivity index (χ1) is 11.4. The first kappa shape index (κ1) is 16.2. The van der Waals surface area contributed by atoms with Crippen LogP contribution in [0.1, 0.15) is 26.3 Å². The number of nitrogens with zero attached hydrogens (tertiary/aromatic N) is 2. The average Bonchev–Trinajstić information content (AvgIpc) is 2.57. The van der Waals surface area contributed by atoms with Crippen LogP contribution in [-0.2, 0) is 12.0 Å². The van der Waals surface area contributed by atoms with Gasteiger partial charge in [-0.25, -0.2) is 4.98 Å². The number of fused-ring (bicyclic) bond motifs is 1. The van der Waals surface area contributed by atoms with Gasteiger partial charge in [-0.2, -0.15) is 0 Å². The molecule has 1 heterocycles. The van der Waals surface area contributed by atoms with Gasteiger partial charge in [0.1, 0.15) is 12.4 Å². The Morgan fingerprint density at radius 3 is 2.67 bits per heavy atom. The van der Waals surface area contributed by atoms with Crippen LogP contribution in [0.3, 0.4) is 0 Å². The summed E-state index contributed by atoms with van der Waals surface area (Å²) in [5.41, 5.74) is 1.99. The number of hydrogen-bond donors (Lipinski definition) is 0. The molecule has 24 heavy (non-hydrogen) atoms. The highest BCUT2D eigenvalue weighted by Crippen LogP contribution is 2.25. The summed E-state index contributed by atoms with van der Waals surface area (Å²) in [6.07, 6.45) is 1.58. The zero-order chi connectivity index (χ0) is 17.2. The van der Waals surface area contributed by atoms with E-state index in [1.54, 1.807) is 17.0 Å². The third-order valence-electron chi connectivity index (χ3n) is 4.03. The average molecular weight is 322 g/mol. The van der Waals surface area contributed by atoms with Crippen molar-refractivity contribution in [2.24, 2.45) is 0 Å². The van der Waals surface area contributed by atoms with Crippen molar-refractivity contribution in [1.82, 2.24) is 9.55 Å². The zero-order valence-corrected chi connectivity index (χ0v) is 14.3. The van der Waals surface area contributed by atoms with Gasteiger partial charge < -0.3 is 4.74 Å². The molecule has 0 aliphatic rings. The molecule has 0 amide bonds. The highest BCUT2D eigenvalue weighted by atomic mass is 16.5. The second kappa shape index (κ2) is 6.48. The summed E-state index contributed by atoms with van der Waals surface area (Å²) >= 11 is 0. The molecule has 0 aliphatic carbocycles. The van der Waals surface area contributed by atoms with Gasteiger partial charge in [-0.15, -0.1) is 0 Å². The Morgan fingerprint density at radius 2 is 1.88 bits per heavy atom. The van der Waals surface area contributed by atoms with Crippen molar-refractivity contribution in [2.75, 3.05) is 6.61 Å². The van der Waals surface area contributed by atoms with Crippen molar-refractivity contribution in [3.63, 3.8) is 0 Å². The lowest BCUT2D eigenvalue weighted by molar-refractivity contribution is 0.295. The van der Waals surface area contributed by atoms with Crippen LogP contribution in [0.25, 0.3) is 10.9 Å². The Hall–Kier alpha value is -2.62. The minimum Gasteiger partial charge on any atom is -0.492 e. The van der Waals surface area contributed by atoms with Crippen molar-refractivity contribution in [3.8, 4) is 5.75 Å². The summed E-state index contributed by atoms with van der Waals surface area (Å²) in [7, 11) is 0. The van der Waals surface area contributed by atoms with Crippen LogP contribution in [0, 0.1) is 0 Å². The van der Waals surface area contributed by atoms with Crippen molar-refractivity contribution in [3.05, 3.63) is 70.8 Å². The highest BCUT2D eigenvalue weighted by molar-refractivity contribution is 5.76. The number of para-hydroxylation sites is 1. The zero-order valence-electron chi connectivity index (χ0n) is 14.3. The lowest BCUT2D eigenvalue weighted by Gasteiger charge is -2.19. The maximum atomic E-state index is 12.4. The molecule has 3 rings (SSSR count). The molecule has 0 spiro atoms. The third-order valence-corrected chi connectivity index (χ3v) is 4.03. The number of aromatic nitrogens is 2. The predicted molar refractivity (Wildman–Crippen MR) is 96.6 cm³/mol. The molecule has 3 aromatic rings. The molecule has 4 nitrogen and oxygen atoms in total. The molecule has 1 aromatic heterocycles. The van der Waals surface area contributed by atoms with E-state index in [1.807, 2.05) is 30.3 Å². The van der Waals surface area contributed by atoms with Gasteiger partial charge in [0.05, 0.1) is 23.8 Å². The largest absolute Gasteiger partial charge is 0.492 e. The molecule has 0 bridgehead atoms. The van der Waals surface area contributed by atoms with Gasteiger partial charge in [-0.1, -0.05) is 45.0 Å². The molecular weight excluding hydrogens is 300 g/mol. The quantitative estimate of drug-likeness (QED) is 0.734. The second-order valence-electron chi connectivity index (χ2n) is 6.89. The molecule has 0 radical (unpaired) electrons. The van der Waals surface area contributed by atoms with Crippen molar-refractivity contribution >= 4 is 10.9 Å². The predicted octanol–water partition coefficient (Wildman–Crippen LogP) is 3.77. The normalized spacial score (nSPS) is 11.6. The first-order valence-electron chi connectivity index (χ1n) is 8.13. The molecule has 0 N–H and O–H groups in total. The van der Waals surface area contributed by atoms with Gasteiger partial charge in [-0.3, -0.25) is 9.36 Å². The van der Waals surface area contributed by atoms with Crippen molar-refractivity contribution < 1.29 is 4.74 Å². The van der Waals surface area contributed by atoms with E-state index in [1.165, 1.54) is 5.56 Å². The van der Waals surface area contributed by atoms with Gasteiger partial charge in [0, 0.05) is 0 Å². The molecule has 0 saturated heterocycles. The summed E-state index contributed by atoms with van der Waals surface area (Å²) in [4.78, 5) is 16.7. The van der Waals surface area contributed by atoms with Crippen LogP contribution in [0.5, 0.6) is 5.75 Å². The van der Waals surface area contributed by atoms with Crippen LogP contribution >= 0.6 is 0 Å². The summed E-state index contributed by atoms with van der Waals surface area (Å²) in [6.45, 7) is 7.41. The van der Waals surface area contributed by atoms with E-state index in [0.717, 1.165) is 11.3 Å². The number of rotatable bonds is 4. The fraction of sp³-hybridized carbons (Fsp3) is 0.300. The van der Waals surface area contributed by atoms with Gasteiger partial charge in [0.25, 0.3) is 5.56 Å². The van der Waals surface area contributed by atoms with E-state index in [4.69, 9.17) is 4.74 Å². The topological polar surface area (TPSA) is 44.1 Å². The summed E-state index contributed by atoms with van der Waals surface area (Å²) in [5.74, 6) is 0.823. The molecule has 0 unspecified atom stereocenters. The van der Waals surface area contributed by atoms with E-state index in [9.17, 15) is 4.79 Å². The molecule has 4 heteroatoms. The Labute approximate surface area is 141 Å². The Morgan fingerprint density at radius 1 is 1.08 bits per heavy atom. The molecule has 0 fully saturated rings. The summed E-state index contributed by atoms with van der Waals surface area (Å²) in [6, 6.07) is 15.5. The van der Waals surface area contributed by atoms with E-state index >= 15 is 0 Å². The van der Waals surface area contributed by atoms with Gasteiger partial charge in [-0.05, 0) is 35.2 Å². The molecular formula is C20H22N2O2. The van der Waals surface area contributed by atoms with Gasteiger partial charge >= 0.3 is 0 Å². The third kappa shape index (κ3) is 3.48. The van der Waals surface area contributed by atoms with Crippen LogP contribution in [-0.4, -0.2) is 16.2 Å². The summed E-state index contributed by atoms with van der Waals surface area (Å²) in [5, 5.41) is 0.634. The van der Waals surface area contributed by atoms with Gasteiger partial charge in [0.2, 0.25) is 0 Å². The standard InChI is InChI=1S/C20H22N2O2/c1-20(2,3)15-7-6-8-16(13-15)24-12-11-22-14-21-18-10-5-4-9-17(18)19(22)23/h4-10,13-14H,11-12H2,1-3H3. The molecule has 0 atom stereocenters.